The number of benzene rings is 1. The van der Waals surface area contributed by atoms with Gasteiger partial charge in [0.05, 0.1) is 18.2 Å². The van der Waals surface area contributed by atoms with Crippen LogP contribution in [-0.2, 0) is 6.61 Å². The van der Waals surface area contributed by atoms with Crippen molar-refractivity contribution in [2.24, 2.45) is 0 Å². The third-order valence-electron chi connectivity index (χ3n) is 1.59. The summed E-state index contributed by atoms with van der Waals surface area (Å²) in [5.41, 5.74) is 0.194. The van der Waals surface area contributed by atoms with Gasteiger partial charge in [-0.3, -0.25) is 0 Å². The van der Waals surface area contributed by atoms with Gasteiger partial charge in [-0.15, -0.1) is 0 Å². The molecule has 0 aliphatic carbocycles. The fraction of sp³-hybridized carbons (Fsp3) is 0.250. The van der Waals surface area contributed by atoms with Crippen LogP contribution in [0, 0.1) is 5.82 Å². The monoisotopic (exact) mass is 312 g/mol. The van der Waals surface area contributed by atoms with Crippen LogP contribution < -0.4 is 4.74 Å². The van der Waals surface area contributed by atoms with Gasteiger partial charge >= 0.3 is 0 Å². The van der Waals surface area contributed by atoms with Gasteiger partial charge in [-0.25, -0.2) is 4.39 Å². The first-order valence-corrected chi connectivity index (χ1v) is 5.01. The first kappa shape index (κ1) is 10.9. The Labute approximate surface area is 92.0 Å². The molecular formula is C8H7Br2FO2. The molecule has 72 valence electrons. The molecule has 0 aromatic heterocycles. The van der Waals surface area contributed by atoms with E-state index in [2.05, 4.69) is 31.9 Å². The van der Waals surface area contributed by atoms with E-state index >= 15 is 0 Å². The highest BCUT2D eigenvalue weighted by Gasteiger charge is 2.15. The van der Waals surface area contributed by atoms with Crippen LogP contribution in [0.1, 0.15) is 5.56 Å². The van der Waals surface area contributed by atoms with Crippen LogP contribution in [0.2, 0.25) is 0 Å². The maximum atomic E-state index is 13.4. The lowest BCUT2D eigenvalue weighted by molar-refractivity contribution is 0.271. The Morgan fingerprint density at radius 1 is 1.46 bits per heavy atom. The molecule has 0 amide bonds. The van der Waals surface area contributed by atoms with Crippen molar-refractivity contribution in [2.45, 2.75) is 6.61 Å². The highest BCUT2D eigenvalue weighted by Crippen LogP contribution is 2.35. The molecule has 0 heterocycles. The van der Waals surface area contributed by atoms with Crippen molar-refractivity contribution in [1.29, 1.82) is 0 Å². The fourth-order valence-electron chi connectivity index (χ4n) is 0.943. The number of aliphatic hydroxyl groups is 1. The lowest BCUT2D eigenvalue weighted by Gasteiger charge is -2.09. The van der Waals surface area contributed by atoms with Crippen LogP contribution in [0.25, 0.3) is 0 Å². The minimum atomic E-state index is -0.550. The number of hydrogen-bond acceptors (Lipinski definition) is 2. The van der Waals surface area contributed by atoms with Crippen molar-refractivity contribution in [3.63, 3.8) is 0 Å². The molecule has 0 atom stereocenters. The van der Waals surface area contributed by atoms with E-state index < -0.39 is 5.82 Å². The summed E-state index contributed by atoms with van der Waals surface area (Å²) in [6.45, 7) is -0.365. The maximum absolute atomic E-state index is 13.4. The molecule has 0 saturated carbocycles. The third kappa shape index (κ3) is 2.03. The van der Waals surface area contributed by atoms with Crippen molar-refractivity contribution < 1.29 is 14.2 Å². The number of rotatable bonds is 2. The molecule has 0 bridgehead atoms. The zero-order chi connectivity index (χ0) is 10.0. The molecule has 0 spiro atoms. The highest BCUT2D eigenvalue weighted by molar-refractivity contribution is 9.11. The quantitative estimate of drug-likeness (QED) is 0.910. The van der Waals surface area contributed by atoms with E-state index in [1.165, 1.54) is 7.11 Å². The zero-order valence-corrected chi connectivity index (χ0v) is 9.95. The van der Waals surface area contributed by atoms with Gasteiger partial charge in [-0.2, -0.15) is 0 Å². The number of ether oxygens (including phenoxy) is 1. The smallest absolute Gasteiger partial charge is 0.172 e. The van der Waals surface area contributed by atoms with Crippen molar-refractivity contribution in [3.05, 3.63) is 26.4 Å². The predicted molar refractivity (Wildman–Crippen MR) is 54.3 cm³/mol. The van der Waals surface area contributed by atoms with Gasteiger partial charge in [0.2, 0.25) is 0 Å². The van der Waals surface area contributed by atoms with Crippen LogP contribution >= 0.6 is 31.9 Å². The van der Waals surface area contributed by atoms with Crippen molar-refractivity contribution in [2.75, 3.05) is 7.11 Å². The van der Waals surface area contributed by atoms with Gasteiger partial charge in [0, 0.05) is 10.0 Å². The molecule has 2 nitrogen and oxygen atoms in total. The Bertz CT molecular complexity index is 300. The summed E-state index contributed by atoms with van der Waals surface area (Å²) in [5, 5.41) is 8.87. The Balaban J connectivity index is 3.39. The summed E-state index contributed by atoms with van der Waals surface area (Å²) in [6.07, 6.45) is 0. The van der Waals surface area contributed by atoms with Crippen LogP contribution in [-0.4, -0.2) is 12.2 Å². The van der Waals surface area contributed by atoms with Crippen LogP contribution in [0.3, 0.4) is 0 Å². The van der Waals surface area contributed by atoms with Crippen LogP contribution in [0.4, 0.5) is 4.39 Å². The summed E-state index contributed by atoms with van der Waals surface area (Å²) in [4.78, 5) is 0. The second kappa shape index (κ2) is 4.39. The number of halogens is 3. The topological polar surface area (TPSA) is 29.5 Å². The SMILES string of the molecule is COc1c(Br)cc(Br)c(CO)c1F. The summed E-state index contributed by atoms with van der Waals surface area (Å²) in [7, 11) is 1.37. The molecule has 0 fully saturated rings. The fourth-order valence-corrected chi connectivity index (χ4v) is 2.34. The zero-order valence-electron chi connectivity index (χ0n) is 6.77. The maximum Gasteiger partial charge on any atom is 0.172 e. The highest BCUT2D eigenvalue weighted by atomic mass is 79.9. The molecular weight excluding hydrogens is 307 g/mol. The van der Waals surface area contributed by atoms with E-state index in [1.807, 2.05) is 0 Å². The van der Waals surface area contributed by atoms with E-state index in [1.54, 1.807) is 6.07 Å². The molecule has 13 heavy (non-hydrogen) atoms. The van der Waals surface area contributed by atoms with Gasteiger partial charge in [0.1, 0.15) is 0 Å². The Kier molecular flexibility index (Phi) is 3.70. The number of aliphatic hydroxyl groups excluding tert-OH is 1. The lowest BCUT2D eigenvalue weighted by atomic mass is 10.2. The van der Waals surface area contributed by atoms with E-state index in [0.717, 1.165) is 0 Å². The lowest BCUT2D eigenvalue weighted by Crippen LogP contribution is -1.97. The van der Waals surface area contributed by atoms with Gasteiger partial charge in [0.25, 0.3) is 0 Å². The molecule has 5 heteroatoms. The Hall–Kier alpha value is -0.130. The van der Waals surface area contributed by atoms with Gasteiger partial charge < -0.3 is 9.84 Å². The number of hydrogen-bond donors (Lipinski definition) is 1. The van der Waals surface area contributed by atoms with E-state index in [0.29, 0.717) is 8.95 Å². The molecule has 1 aromatic carbocycles. The first-order valence-electron chi connectivity index (χ1n) is 3.43. The second-order valence-electron chi connectivity index (χ2n) is 2.32. The Morgan fingerprint density at radius 2 is 2.08 bits per heavy atom. The minimum Gasteiger partial charge on any atom is -0.492 e. The van der Waals surface area contributed by atoms with Crippen molar-refractivity contribution in [3.8, 4) is 5.75 Å². The normalized spacial score (nSPS) is 10.2. The van der Waals surface area contributed by atoms with E-state index in [-0.39, 0.29) is 17.9 Å². The van der Waals surface area contributed by atoms with E-state index in [4.69, 9.17) is 9.84 Å². The standard InChI is InChI=1S/C8H7Br2FO2/c1-13-8-6(10)2-5(9)4(3-12)7(8)11/h2,12H,3H2,1H3. The van der Waals surface area contributed by atoms with Crippen molar-refractivity contribution in [1.82, 2.24) is 0 Å². The average Bonchev–Trinajstić information content (AvgIpc) is 2.04. The summed E-state index contributed by atoms with van der Waals surface area (Å²) >= 11 is 6.28. The molecule has 1 aromatic rings. The van der Waals surface area contributed by atoms with Gasteiger partial charge in [0.15, 0.2) is 11.6 Å². The Morgan fingerprint density at radius 3 is 2.54 bits per heavy atom. The van der Waals surface area contributed by atoms with Crippen LogP contribution in [0.5, 0.6) is 5.75 Å². The molecule has 1 rings (SSSR count). The van der Waals surface area contributed by atoms with Gasteiger partial charge in [-0.1, -0.05) is 15.9 Å². The molecule has 0 aliphatic rings. The van der Waals surface area contributed by atoms with Crippen molar-refractivity contribution >= 4 is 31.9 Å². The summed E-state index contributed by atoms with van der Waals surface area (Å²) in [6, 6.07) is 1.63. The first-order chi connectivity index (χ1) is 6.11. The molecule has 0 aliphatic heterocycles. The number of methoxy groups -OCH3 is 1. The largest absolute Gasteiger partial charge is 0.492 e. The van der Waals surface area contributed by atoms with E-state index in [9.17, 15) is 4.39 Å². The molecule has 0 radical (unpaired) electrons. The summed E-state index contributed by atoms with van der Waals surface area (Å²) in [5.74, 6) is -0.446. The average molecular weight is 314 g/mol. The summed E-state index contributed by atoms with van der Waals surface area (Å²) < 4.78 is 19.3. The molecule has 0 saturated heterocycles. The third-order valence-corrected chi connectivity index (χ3v) is 2.88. The molecule has 0 unspecified atom stereocenters. The minimum absolute atomic E-state index is 0.104. The predicted octanol–water partition coefficient (Wildman–Crippen LogP) is 2.85. The van der Waals surface area contributed by atoms with Crippen LogP contribution in [0.15, 0.2) is 15.0 Å². The second-order valence-corrected chi connectivity index (χ2v) is 4.03. The molecule has 1 N–H and O–H groups in total. The van der Waals surface area contributed by atoms with Gasteiger partial charge in [-0.05, 0) is 22.0 Å².